The van der Waals surface area contributed by atoms with E-state index in [9.17, 15) is 4.79 Å². The molecule has 1 aliphatic rings. The van der Waals surface area contributed by atoms with Crippen LogP contribution in [0.1, 0.15) is 30.1 Å². The minimum atomic E-state index is 0.0445. The van der Waals surface area contributed by atoms with E-state index in [0.717, 1.165) is 38.2 Å². The number of rotatable bonds is 9. The predicted molar refractivity (Wildman–Crippen MR) is 115 cm³/mol. The monoisotopic (exact) mass is 393 g/mol. The van der Waals surface area contributed by atoms with Crippen LogP contribution in [-0.4, -0.2) is 92.1 Å². The summed E-state index contributed by atoms with van der Waals surface area (Å²) < 4.78 is 6.20. The van der Waals surface area contributed by atoms with Gasteiger partial charge in [0.1, 0.15) is 11.9 Å². The van der Waals surface area contributed by atoms with Crippen molar-refractivity contribution in [2.24, 2.45) is 0 Å². The lowest BCUT2D eigenvalue weighted by molar-refractivity contribution is 0.0778. The van der Waals surface area contributed by atoms with Crippen molar-refractivity contribution >= 4 is 17.7 Å². The zero-order valence-electron chi connectivity index (χ0n) is 17.5. The first-order valence-corrected chi connectivity index (χ1v) is 11.2. The van der Waals surface area contributed by atoms with Gasteiger partial charge in [-0.2, -0.15) is 11.8 Å². The van der Waals surface area contributed by atoms with Gasteiger partial charge in [0.15, 0.2) is 0 Å². The number of amides is 1. The Morgan fingerprint density at radius 1 is 1.26 bits per heavy atom. The van der Waals surface area contributed by atoms with Crippen LogP contribution in [0.4, 0.5) is 0 Å². The number of thioether (sulfide) groups is 1. The molecule has 1 aromatic rings. The van der Waals surface area contributed by atoms with E-state index in [1.54, 1.807) is 4.90 Å². The van der Waals surface area contributed by atoms with Gasteiger partial charge in [-0.25, -0.2) is 0 Å². The van der Waals surface area contributed by atoms with Crippen LogP contribution in [0.5, 0.6) is 5.75 Å². The van der Waals surface area contributed by atoms with E-state index in [-0.39, 0.29) is 12.0 Å². The van der Waals surface area contributed by atoms with Gasteiger partial charge >= 0.3 is 0 Å². The lowest BCUT2D eigenvalue weighted by atomic mass is 10.1. The standard InChI is InChI=1S/C21H35N3O2S/c1-17(16-27-5)24-11-9-19(10-12-24)26-20-8-6-7-18(15-20)21(25)23(4)14-13-22(2)3/h6-8,15,17,19H,9-14,16H2,1-5H3. The molecule has 1 unspecified atom stereocenters. The minimum absolute atomic E-state index is 0.0445. The largest absolute Gasteiger partial charge is 0.490 e. The summed E-state index contributed by atoms with van der Waals surface area (Å²) in [6.07, 6.45) is 4.48. The van der Waals surface area contributed by atoms with Gasteiger partial charge in [0, 0.05) is 50.6 Å². The van der Waals surface area contributed by atoms with E-state index in [1.807, 2.05) is 57.2 Å². The Hall–Kier alpha value is -1.24. The normalized spacial score (nSPS) is 17.1. The maximum atomic E-state index is 12.6. The van der Waals surface area contributed by atoms with Gasteiger partial charge in [0.2, 0.25) is 0 Å². The van der Waals surface area contributed by atoms with Gasteiger partial charge in [0.25, 0.3) is 5.91 Å². The second-order valence-electron chi connectivity index (χ2n) is 7.72. The van der Waals surface area contributed by atoms with Gasteiger partial charge in [-0.05, 0) is 58.3 Å². The van der Waals surface area contributed by atoms with E-state index in [0.29, 0.717) is 18.2 Å². The number of carbonyl (C=O) groups is 1. The molecule has 1 aliphatic heterocycles. The van der Waals surface area contributed by atoms with Crippen molar-refractivity contribution < 1.29 is 9.53 Å². The van der Waals surface area contributed by atoms with Gasteiger partial charge in [0.05, 0.1) is 0 Å². The van der Waals surface area contributed by atoms with Crippen LogP contribution in [-0.2, 0) is 0 Å². The van der Waals surface area contributed by atoms with Crippen molar-refractivity contribution in [1.82, 2.24) is 14.7 Å². The third kappa shape index (κ3) is 7.01. The quantitative estimate of drug-likeness (QED) is 0.645. The molecule has 27 heavy (non-hydrogen) atoms. The smallest absolute Gasteiger partial charge is 0.253 e. The van der Waals surface area contributed by atoms with E-state index >= 15 is 0 Å². The van der Waals surface area contributed by atoms with Crippen LogP contribution in [0.15, 0.2) is 24.3 Å². The molecule has 1 atom stereocenters. The highest BCUT2D eigenvalue weighted by Crippen LogP contribution is 2.22. The van der Waals surface area contributed by atoms with Crippen molar-refractivity contribution in [3.63, 3.8) is 0 Å². The fourth-order valence-corrected chi connectivity index (χ4v) is 4.04. The summed E-state index contributed by atoms with van der Waals surface area (Å²) in [5, 5.41) is 0. The zero-order valence-corrected chi connectivity index (χ0v) is 18.3. The van der Waals surface area contributed by atoms with E-state index in [1.165, 1.54) is 5.75 Å². The molecular formula is C21H35N3O2S. The summed E-state index contributed by atoms with van der Waals surface area (Å²) in [4.78, 5) is 19.0. The summed E-state index contributed by atoms with van der Waals surface area (Å²) in [6.45, 7) is 6.03. The van der Waals surface area contributed by atoms with Crippen molar-refractivity contribution in [2.75, 3.05) is 59.3 Å². The van der Waals surface area contributed by atoms with Crippen LogP contribution in [0.25, 0.3) is 0 Å². The average molecular weight is 394 g/mol. The number of carbonyl (C=O) groups excluding carboxylic acids is 1. The highest BCUT2D eigenvalue weighted by Gasteiger charge is 2.24. The van der Waals surface area contributed by atoms with Crippen molar-refractivity contribution in [2.45, 2.75) is 31.9 Å². The molecule has 2 rings (SSSR count). The molecule has 1 amide bonds. The van der Waals surface area contributed by atoms with Crippen LogP contribution in [0.2, 0.25) is 0 Å². The van der Waals surface area contributed by atoms with Gasteiger partial charge in [-0.1, -0.05) is 6.07 Å². The molecule has 0 spiro atoms. The lowest BCUT2D eigenvalue weighted by Crippen LogP contribution is -2.43. The number of nitrogens with zero attached hydrogens (tertiary/aromatic N) is 3. The Morgan fingerprint density at radius 2 is 1.96 bits per heavy atom. The van der Waals surface area contributed by atoms with Crippen LogP contribution in [0.3, 0.4) is 0 Å². The zero-order chi connectivity index (χ0) is 19.8. The fourth-order valence-electron chi connectivity index (χ4n) is 3.35. The molecule has 6 heteroatoms. The molecule has 0 radical (unpaired) electrons. The Kier molecular flexibility index (Phi) is 8.93. The molecule has 1 heterocycles. The Morgan fingerprint density at radius 3 is 2.59 bits per heavy atom. The summed E-state index contributed by atoms with van der Waals surface area (Å²) in [5.41, 5.74) is 0.694. The maximum Gasteiger partial charge on any atom is 0.253 e. The SMILES string of the molecule is CSCC(C)N1CCC(Oc2cccc(C(=O)N(C)CCN(C)C)c2)CC1. The molecule has 5 nitrogen and oxygen atoms in total. The second-order valence-corrected chi connectivity index (χ2v) is 8.63. The number of ether oxygens (including phenoxy) is 1. The molecule has 0 bridgehead atoms. The first-order chi connectivity index (χ1) is 12.9. The van der Waals surface area contributed by atoms with Gasteiger partial charge < -0.3 is 14.5 Å². The molecular weight excluding hydrogens is 358 g/mol. The van der Waals surface area contributed by atoms with Crippen molar-refractivity contribution in [3.8, 4) is 5.75 Å². The highest BCUT2D eigenvalue weighted by molar-refractivity contribution is 7.98. The summed E-state index contributed by atoms with van der Waals surface area (Å²) in [6, 6.07) is 8.25. The minimum Gasteiger partial charge on any atom is -0.490 e. The van der Waals surface area contributed by atoms with Crippen LogP contribution in [0, 0.1) is 0 Å². The van der Waals surface area contributed by atoms with Crippen molar-refractivity contribution in [3.05, 3.63) is 29.8 Å². The maximum absolute atomic E-state index is 12.6. The second kappa shape index (κ2) is 10.9. The molecule has 0 N–H and O–H groups in total. The third-order valence-corrected chi connectivity index (χ3v) is 5.94. The van der Waals surface area contributed by atoms with Crippen LogP contribution < -0.4 is 4.74 Å². The fraction of sp³-hybridized carbons (Fsp3) is 0.667. The Labute approximate surface area is 169 Å². The summed E-state index contributed by atoms with van der Waals surface area (Å²) in [5.74, 6) is 2.03. The molecule has 1 aromatic carbocycles. The highest BCUT2D eigenvalue weighted by atomic mass is 32.2. The first-order valence-electron chi connectivity index (χ1n) is 9.80. The Balaban J connectivity index is 1.88. The Bertz CT molecular complexity index is 589. The lowest BCUT2D eigenvalue weighted by Gasteiger charge is -2.35. The first kappa shape index (κ1) is 22.1. The average Bonchev–Trinajstić information content (AvgIpc) is 2.66. The number of hydrogen-bond acceptors (Lipinski definition) is 5. The van der Waals surface area contributed by atoms with E-state index in [2.05, 4.69) is 23.0 Å². The molecule has 0 aliphatic carbocycles. The van der Waals surface area contributed by atoms with Gasteiger partial charge in [-0.3, -0.25) is 9.69 Å². The molecule has 1 saturated heterocycles. The van der Waals surface area contributed by atoms with Crippen LogP contribution >= 0.6 is 11.8 Å². The number of hydrogen-bond donors (Lipinski definition) is 0. The number of likely N-dealkylation sites (N-methyl/N-ethyl adjacent to an activating group) is 2. The number of likely N-dealkylation sites (tertiary alicyclic amines) is 1. The van der Waals surface area contributed by atoms with E-state index in [4.69, 9.17) is 4.74 Å². The van der Waals surface area contributed by atoms with Gasteiger partial charge in [-0.15, -0.1) is 0 Å². The summed E-state index contributed by atoms with van der Waals surface area (Å²) >= 11 is 1.91. The van der Waals surface area contributed by atoms with Crippen molar-refractivity contribution in [1.29, 1.82) is 0 Å². The number of benzene rings is 1. The topological polar surface area (TPSA) is 36.0 Å². The van der Waals surface area contributed by atoms with E-state index < -0.39 is 0 Å². The molecule has 152 valence electrons. The summed E-state index contributed by atoms with van der Waals surface area (Å²) in [7, 11) is 5.88. The predicted octanol–water partition coefficient (Wildman–Crippen LogP) is 2.91. The molecule has 0 aromatic heterocycles. The third-order valence-electron chi connectivity index (χ3n) is 5.12. The molecule has 1 fully saturated rings. The molecule has 0 saturated carbocycles. The number of piperidine rings is 1.